The van der Waals surface area contributed by atoms with Crippen molar-refractivity contribution in [3.8, 4) is 0 Å². The van der Waals surface area contributed by atoms with Crippen LogP contribution in [0.15, 0.2) is 6.20 Å². The van der Waals surface area contributed by atoms with E-state index in [4.69, 9.17) is 0 Å². The molecule has 0 aromatic carbocycles. The van der Waals surface area contributed by atoms with Crippen LogP contribution in [0.5, 0.6) is 0 Å². The normalized spacial score (nSPS) is 18.3. The SMILES string of the molecule is CC(F)(F)c1c(C=O)cnn1C1CCCCC1. The first-order valence-electron chi connectivity index (χ1n) is 5.95. The van der Waals surface area contributed by atoms with Crippen LogP contribution in [0.3, 0.4) is 0 Å². The predicted octanol–water partition coefficient (Wildman–Crippen LogP) is 3.31. The number of carbonyl (C=O) groups excluding carboxylic acids is 1. The number of halogens is 2. The highest BCUT2D eigenvalue weighted by Crippen LogP contribution is 2.35. The summed E-state index contributed by atoms with van der Waals surface area (Å²) in [5.74, 6) is -3.02. The first kappa shape index (κ1) is 12.2. The van der Waals surface area contributed by atoms with E-state index in [1.807, 2.05) is 0 Å². The fourth-order valence-corrected chi connectivity index (χ4v) is 2.52. The highest BCUT2D eigenvalue weighted by atomic mass is 19.3. The number of hydrogen-bond acceptors (Lipinski definition) is 2. The fourth-order valence-electron chi connectivity index (χ4n) is 2.52. The van der Waals surface area contributed by atoms with Crippen molar-refractivity contribution in [3.05, 3.63) is 17.5 Å². The summed E-state index contributed by atoms with van der Waals surface area (Å²) in [6, 6.07) is 0.0123. The molecule has 1 saturated carbocycles. The molecule has 1 aromatic rings. The summed E-state index contributed by atoms with van der Waals surface area (Å²) in [5.41, 5.74) is -0.234. The van der Waals surface area contributed by atoms with E-state index in [2.05, 4.69) is 5.10 Å². The Kier molecular flexibility index (Phi) is 3.26. The van der Waals surface area contributed by atoms with E-state index in [9.17, 15) is 13.6 Å². The van der Waals surface area contributed by atoms with Crippen LogP contribution in [0.1, 0.15) is 61.1 Å². The Balaban J connectivity index is 2.39. The van der Waals surface area contributed by atoms with Crippen LogP contribution in [0.4, 0.5) is 8.78 Å². The molecule has 0 aliphatic heterocycles. The maximum atomic E-state index is 13.5. The van der Waals surface area contributed by atoms with Gasteiger partial charge in [-0.2, -0.15) is 13.9 Å². The molecule has 0 radical (unpaired) electrons. The minimum atomic E-state index is -3.02. The second kappa shape index (κ2) is 4.55. The Hall–Kier alpha value is -1.26. The summed E-state index contributed by atoms with van der Waals surface area (Å²) < 4.78 is 28.4. The van der Waals surface area contributed by atoms with Gasteiger partial charge in [0.25, 0.3) is 5.92 Å². The van der Waals surface area contributed by atoms with Crippen molar-refractivity contribution in [2.75, 3.05) is 0 Å². The summed E-state index contributed by atoms with van der Waals surface area (Å²) in [6.45, 7) is 0.816. The van der Waals surface area contributed by atoms with Crippen LogP contribution >= 0.6 is 0 Å². The van der Waals surface area contributed by atoms with Gasteiger partial charge >= 0.3 is 0 Å². The minimum absolute atomic E-state index is 0.00285. The average molecular weight is 242 g/mol. The number of aromatic nitrogens is 2. The molecule has 3 nitrogen and oxygen atoms in total. The van der Waals surface area contributed by atoms with Crippen LogP contribution < -0.4 is 0 Å². The van der Waals surface area contributed by atoms with Gasteiger partial charge in [-0.15, -0.1) is 0 Å². The van der Waals surface area contributed by atoms with Gasteiger partial charge in [-0.05, 0) is 12.8 Å². The Morgan fingerprint density at radius 3 is 2.59 bits per heavy atom. The lowest BCUT2D eigenvalue weighted by molar-refractivity contribution is 0.00450. The largest absolute Gasteiger partial charge is 0.298 e. The summed E-state index contributed by atoms with van der Waals surface area (Å²) in [6.07, 6.45) is 6.65. The third kappa shape index (κ3) is 2.37. The summed E-state index contributed by atoms with van der Waals surface area (Å²) in [5, 5.41) is 3.98. The van der Waals surface area contributed by atoms with E-state index in [0.29, 0.717) is 6.29 Å². The monoisotopic (exact) mass is 242 g/mol. The molecule has 5 heteroatoms. The number of hydrogen-bond donors (Lipinski definition) is 0. The van der Waals surface area contributed by atoms with Crippen LogP contribution in [-0.4, -0.2) is 16.1 Å². The molecule has 0 spiro atoms. The molecule has 0 amide bonds. The second-order valence-electron chi connectivity index (χ2n) is 4.69. The third-order valence-corrected chi connectivity index (χ3v) is 3.29. The highest BCUT2D eigenvalue weighted by molar-refractivity contribution is 5.76. The number of nitrogens with zero attached hydrogens (tertiary/aromatic N) is 2. The predicted molar refractivity (Wildman–Crippen MR) is 59.3 cm³/mol. The van der Waals surface area contributed by atoms with Crippen molar-refractivity contribution in [3.63, 3.8) is 0 Å². The number of alkyl halides is 2. The van der Waals surface area contributed by atoms with E-state index in [1.165, 1.54) is 10.9 Å². The highest BCUT2D eigenvalue weighted by Gasteiger charge is 2.34. The van der Waals surface area contributed by atoms with E-state index in [0.717, 1.165) is 39.0 Å². The molecule has 1 fully saturated rings. The first-order chi connectivity index (χ1) is 8.04. The molecule has 1 heterocycles. The maximum Gasteiger partial charge on any atom is 0.287 e. The zero-order chi connectivity index (χ0) is 12.5. The topological polar surface area (TPSA) is 34.9 Å². The van der Waals surface area contributed by atoms with Gasteiger partial charge in [0, 0.05) is 6.92 Å². The van der Waals surface area contributed by atoms with Gasteiger partial charge in [0.1, 0.15) is 5.69 Å². The lowest BCUT2D eigenvalue weighted by atomic mass is 9.95. The number of carbonyl (C=O) groups is 1. The minimum Gasteiger partial charge on any atom is -0.298 e. The fraction of sp³-hybridized carbons (Fsp3) is 0.667. The number of aldehydes is 1. The van der Waals surface area contributed by atoms with Crippen molar-refractivity contribution < 1.29 is 13.6 Å². The van der Waals surface area contributed by atoms with Crippen LogP contribution in [0.25, 0.3) is 0 Å². The zero-order valence-electron chi connectivity index (χ0n) is 9.83. The van der Waals surface area contributed by atoms with Gasteiger partial charge in [-0.1, -0.05) is 19.3 Å². The van der Waals surface area contributed by atoms with Crippen molar-refractivity contribution in [2.24, 2.45) is 0 Å². The Morgan fingerprint density at radius 1 is 1.41 bits per heavy atom. The Labute approximate surface area is 98.8 Å². The van der Waals surface area contributed by atoms with Crippen LogP contribution in [0, 0.1) is 0 Å². The molecule has 1 aliphatic carbocycles. The summed E-state index contributed by atoms with van der Waals surface area (Å²) in [4.78, 5) is 10.8. The van der Waals surface area contributed by atoms with Gasteiger partial charge in [-0.3, -0.25) is 9.48 Å². The second-order valence-corrected chi connectivity index (χ2v) is 4.69. The first-order valence-corrected chi connectivity index (χ1v) is 5.95. The molecule has 1 aliphatic rings. The van der Waals surface area contributed by atoms with Gasteiger partial charge in [-0.25, -0.2) is 0 Å². The summed E-state index contributed by atoms with van der Waals surface area (Å²) in [7, 11) is 0. The van der Waals surface area contributed by atoms with Crippen molar-refractivity contribution in [1.29, 1.82) is 0 Å². The van der Waals surface area contributed by atoms with E-state index in [-0.39, 0.29) is 17.3 Å². The molecule has 0 atom stereocenters. The quantitative estimate of drug-likeness (QED) is 0.762. The molecular formula is C12H16F2N2O. The van der Waals surface area contributed by atoms with E-state index >= 15 is 0 Å². The average Bonchev–Trinajstić information content (AvgIpc) is 2.73. The van der Waals surface area contributed by atoms with Gasteiger partial charge < -0.3 is 0 Å². The molecule has 0 saturated heterocycles. The van der Waals surface area contributed by atoms with Crippen molar-refractivity contribution in [2.45, 2.75) is 51.0 Å². The lowest BCUT2D eigenvalue weighted by Gasteiger charge is -2.25. The molecule has 1 aromatic heterocycles. The molecular weight excluding hydrogens is 226 g/mol. The molecule has 0 unspecified atom stereocenters. The molecule has 94 valence electrons. The Bertz CT molecular complexity index is 403. The number of rotatable bonds is 3. The zero-order valence-corrected chi connectivity index (χ0v) is 9.83. The molecule has 0 bridgehead atoms. The molecule has 2 rings (SSSR count). The Morgan fingerprint density at radius 2 is 2.06 bits per heavy atom. The van der Waals surface area contributed by atoms with Crippen LogP contribution in [0.2, 0.25) is 0 Å². The summed E-state index contributed by atoms with van der Waals surface area (Å²) >= 11 is 0. The smallest absolute Gasteiger partial charge is 0.287 e. The van der Waals surface area contributed by atoms with Gasteiger partial charge in [0.2, 0.25) is 0 Å². The van der Waals surface area contributed by atoms with Crippen molar-refractivity contribution >= 4 is 6.29 Å². The van der Waals surface area contributed by atoms with Gasteiger partial charge in [0.15, 0.2) is 6.29 Å². The maximum absolute atomic E-state index is 13.5. The van der Waals surface area contributed by atoms with Gasteiger partial charge in [0.05, 0.1) is 17.8 Å². The molecule has 17 heavy (non-hydrogen) atoms. The van der Waals surface area contributed by atoms with E-state index < -0.39 is 5.92 Å². The third-order valence-electron chi connectivity index (χ3n) is 3.29. The lowest BCUT2D eigenvalue weighted by Crippen LogP contribution is -2.23. The standard InChI is InChI=1S/C12H16F2N2O/c1-12(13,14)11-9(8-17)7-15-16(11)10-5-3-2-4-6-10/h7-8,10H,2-6H2,1H3. The van der Waals surface area contributed by atoms with E-state index in [1.54, 1.807) is 0 Å². The molecule has 0 N–H and O–H groups in total. The van der Waals surface area contributed by atoms with Crippen LogP contribution in [-0.2, 0) is 5.92 Å². The van der Waals surface area contributed by atoms with Crippen molar-refractivity contribution in [1.82, 2.24) is 9.78 Å².